The van der Waals surface area contributed by atoms with Crippen molar-refractivity contribution in [3.05, 3.63) is 66.1 Å². The van der Waals surface area contributed by atoms with Gasteiger partial charge in [0, 0.05) is 11.1 Å². The third-order valence-electron chi connectivity index (χ3n) is 2.18. The van der Waals surface area contributed by atoms with E-state index in [1.54, 1.807) is 0 Å². The molecule has 0 saturated heterocycles. The first-order chi connectivity index (χ1) is 6.88. The highest BCUT2D eigenvalue weighted by Crippen LogP contribution is 2.14. The van der Waals surface area contributed by atoms with Crippen molar-refractivity contribution in [2.45, 2.75) is 6.42 Å². The number of carbonyl (C=O) groups is 1. The second kappa shape index (κ2) is 4.05. The number of hydrogen-bond acceptors (Lipinski definition) is 1. The van der Waals surface area contributed by atoms with Crippen LogP contribution in [0.2, 0.25) is 0 Å². The van der Waals surface area contributed by atoms with E-state index in [1.807, 2.05) is 55.0 Å². The highest BCUT2D eigenvalue weighted by molar-refractivity contribution is 6.10. The number of hydrogen-bond donors (Lipinski definition) is 0. The zero-order valence-corrected chi connectivity index (χ0v) is 7.81. The van der Waals surface area contributed by atoms with Gasteiger partial charge in [-0.2, -0.15) is 0 Å². The van der Waals surface area contributed by atoms with Crippen LogP contribution < -0.4 is 0 Å². The highest BCUT2D eigenvalue weighted by atomic mass is 16.1. The van der Waals surface area contributed by atoms with Gasteiger partial charge in [-0.3, -0.25) is 4.79 Å². The fraction of sp³-hybridized carbons (Fsp3) is 0.0769. The molecule has 0 amide bonds. The molecule has 2 rings (SSSR count). The monoisotopic (exact) mass is 183 g/mol. The van der Waals surface area contributed by atoms with Crippen molar-refractivity contribution in [3.63, 3.8) is 0 Å². The van der Waals surface area contributed by atoms with E-state index in [9.17, 15) is 4.79 Å². The maximum Gasteiger partial charge on any atom is 0.192 e. The number of benzene rings is 1. The average molecular weight is 183 g/mol. The van der Waals surface area contributed by atoms with E-state index in [0.29, 0.717) is 0 Å². The van der Waals surface area contributed by atoms with Crippen molar-refractivity contribution in [2.75, 3.05) is 0 Å². The molecule has 1 nitrogen and oxygen atoms in total. The van der Waals surface area contributed by atoms with Gasteiger partial charge in [-0.25, -0.2) is 0 Å². The summed E-state index contributed by atoms with van der Waals surface area (Å²) in [5.74, 6) is 0.106. The Morgan fingerprint density at radius 3 is 2.57 bits per heavy atom. The van der Waals surface area contributed by atoms with Gasteiger partial charge in [0.25, 0.3) is 0 Å². The number of Topliss-reactive ketones (excluding diaryl/α,β-unsaturated/α-hetero) is 1. The van der Waals surface area contributed by atoms with Crippen molar-refractivity contribution in [2.24, 2.45) is 0 Å². The third kappa shape index (κ3) is 1.82. The van der Waals surface area contributed by atoms with Crippen LogP contribution in [0.5, 0.6) is 0 Å². The van der Waals surface area contributed by atoms with Crippen LogP contribution in [-0.4, -0.2) is 5.78 Å². The van der Waals surface area contributed by atoms with Gasteiger partial charge < -0.3 is 0 Å². The lowest BCUT2D eigenvalue weighted by molar-refractivity contribution is 0.103. The summed E-state index contributed by atoms with van der Waals surface area (Å²) >= 11 is 0. The van der Waals surface area contributed by atoms with E-state index in [2.05, 4.69) is 0 Å². The Balaban J connectivity index is 2.25. The summed E-state index contributed by atoms with van der Waals surface area (Å²) in [4.78, 5) is 11.9. The second-order valence-electron chi connectivity index (χ2n) is 3.19. The molecule has 0 atom stereocenters. The molecule has 0 unspecified atom stereocenters. The van der Waals surface area contributed by atoms with Crippen LogP contribution in [0.1, 0.15) is 16.8 Å². The number of allylic oxidation sites excluding steroid dienone is 4. The third-order valence-corrected chi connectivity index (χ3v) is 2.18. The molecule has 0 spiro atoms. The molecule has 1 radical (unpaired) electrons. The van der Waals surface area contributed by atoms with E-state index in [0.717, 1.165) is 17.6 Å². The van der Waals surface area contributed by atoms with Gasteiger partial charge in [0.05, 0.1) is 0 Å². The summed E-state index contributed by atoms with van der Waals surface area (Å²) in [5, 5.41) is 0. The Morgan fingerprint density at radius 1 is 1.14 bits per heavy atom. The molecule has 0 bridgehead atoms. The lowest BCUT2D eigenvalue weighted by atomic mass is 9.98. The summed E-state index contributed by atoms with van der Waals surface area (Å²) in [6.45, 7) is 0. The summed E-state index contributed by atoms with van der Waals surface area (Å²) in [7, 11) is 0. The lowest BCUT2D eigenvalue weighted by Crippen LogP contribution is -2.02. The summed E-state index contributed by atoms with van der Waals surface area (Å²) < 4.78 is 0. The molecule has 0 N–H and O–H groups in total. The minimum atomic E-state index is 0.106. The SMILES string of the molecule is O=C(C1=CC[CH]C=C1)c1ccccc1. The maximum absolute atomic E-state index is 11.9. The van der Waals surface area contributed by atoms with Gasteiger partial charge in [-0.1, -0.05) is 48.6 Å². The van der Waals surface area contributed by atoms with Crippen LogP contribution in [0.4, 0.5) is 0 Å². The normalized spacial score (nSPS) is 15.0. The van der Waals surface area contributed by atoms with Crippen LogP contribution in [-0.2, 0) is 0 Å². The summed E-state index contributed by atoms with van der Waals surface area (Å²) in [6, 6.07) is 9.36. The molecule has 0 saturated carbocycles. The molecule has 1 aliphatic carbocycles. The summed E-state index contributed by atoms with van der Waals surface area (Å²) in [6.07, 6.45) is 8.62. The first-order valence-corrected chi connectivity index (χ1v) is 4.68. The lowest BCUT2D eigenvalue weighted by Gasteiger charge is -2.05. The molecule has 69 valence electrons. The van der Waals surface area contributed by atoms with Crippen molar-refractivity contribution < 1.29 is 4.79 Å². The molecule has 0 fully saturated rings. The fourth-order valence-electron chi connectivity index (χ4n) is 1.44. The molecule has 0 aliphatic heterocycles. The zero-order chi connectivity index (χ0) is 9.80. The average Bonchev–Trinajstić information content (AvgIpc) is 2.30. The van der Waals surface area contributed by atoms with Gasteiger partial charge in [0.2, 0.25) is 0 Å². The van der Waals surface area contributed by atoms with E-state index in [-0.39, 0.29) is 5.78 Å². The first kappa shape index (κ1) is 8.95. The molecule has 1 heteroatoms. The highest BCUT2D eigenvalue weighted by Gasteiger charge is 2.09. The molecular weight excluding hydrogens is 172 g/mol. The smallest absolute Gasteiger partial charge is 0.192 e. The van der Waals surface area contributed by atoms with Gasteiger partial charge in [0.1, 0.15) is 0 Å². The number of rotatable bonds is 2. The van der Waals surface area contributed by atoms with E-state index >= 15 is 0 Å². The Morgan fingerprint density at radius 2 is 1.93 bits per heavy atom. The topological polar surface area (TPSA) is 17.1 Å². The van der Waals surface area contributed by atoms with Crippen LogP contribution >= 0.6 is 0 Å². The molecule has 0 heterocycles. The second-order valence-corrected chi connectivity index (χ2v) is 3.19. The largest absolute Gasteiger partial charge is 0.289 e. The predicted octanol–water partition coefficient (Wildman–Crippen LogP) is 2.96. The van der Waals surface area contributed by atoms with Crippen LogP contribution in [0.3, 0.4) is 0 Å². The predicted molar refractivity (Wildman–Crippen MR) is 56.9 cm³/mol. The molecular formula is C13H11O. The van der Waals surface area contributed by atoms with Crippen molar-refractivity contribution in [1.82, 2.24) is 0 Å². The molecule has 1 aromatic carbocycles. The minimum Gasteiger partial charge on any atom is -0.289 e. The Hall–Kier alpha value is -1.63. The molecule has 14 heavy (non-hydrogen) atoms. The van der Waals surface area contributed by atoms with Gasteiger partial charge in [0.15, 0.2) is 5.78 Å². The summed E-state index contributed by atoms with van der Waals surface area (Å²) in [5.41, 5.74) is 1.55. The molecule has 0 aromatic heterocycles. The standard InChI is InChI=1S/C13H11O/c14-13(11-7-3-1-4-8-11)12-9-5-2-6-10-12/h1-5,7-10H,6H2. The van der Waals surface area contributed by atoms with E-state index in [1.165, 1.54) is 0 Å². The fourth-order valence-corrected chi connectivity index (χ4v) is 1.44. The Labute approximate surface area is 83.8 Å². The van der Waals surface area contributed by atoms with E-state index in [4.69, 9.17) is 0 Å². The number of ketones is 1. The Kier molecular flexibility index (Phi) is 2.59. The van der Waals surface area contributed by atoms with Gasteiger partial charge in [-0.15, -0.1) is 0 Å². The quantitative estimate of drug-likeness (QED) is 0.644. The molecule has 1 aliphatic rings. The van der Waals surface area contributed by atoms with Crippen LogP contribution in [0.15, 0.2) is 54.1 Å². The van der Waals surface area contributed by atoms with Crippen molar-refractivity contribution in [1.29, 1.82) is 0 Å². The van der Waals surface area contributed by atoms with Crippen LogP contribution in [0.25, 0.3) is 0 Å². The van der Waals surface area contributed by atoms with E-state index < -0.39 is 0 Å². The van der Waals surface area contributed by atoms with Crippen LogP contribution in [0, 0.1) is 6.42 Å². The molecule has 1 aromatic rings. The zero-order valence-electron chi connectivity index (χ0n) is 7.81. The van der Waals surface area contributed by atoms with Gasteiger partial charge >= 0.3 is 0 Å². The Bertz CT molecular complexity index is 385. The first-order valence-electron chi connectivity index (χ1n) is 4.68. The number of carbonyl (C=O) groups excluding carboxylic acids is 1. The van der Waals surface area contributed by atoms with Crippen molar-refractivity contribution >= 4 is 5.78 Å². The maximum atomic E-state index is 11.9. The minimum absolute atomic E-state index is 0.106. The van der Waals surface area contributed by atoms with Gasteiger partial charge in [-0.05, 0) is 12.8 Å². The van der Waals surface area contributed by atoms with Crippen molar-refractivity contribution in [3.8, 4) is 0 Å².